The molecule has 1 aliphatic rings. The monoisotopic (exact) mass is 568 g/mol. The minimum absolute atomic E-state index is 0.219. The summed E-state index contributed by atoms with van der Waals surface area (Å²) in [7, 11) is 1.25. The van der Waals surface area contributed by atoms with E-state index in [9.17, 15) is 14.4 Å². The Balaban J connectivity index is 1.65. The maximum Gasteiger partial charge on any atom is 0.411 e. The summed E-state index contributed by atoms with van der Waals surface area (Å²) in [6.07, 6.45) is 7.15. The van der Waals surface area contributed by atoms with Gasteiger partial charge in [-0.15, -0.1) is 0 Å². The number of ether oxygens (including phenoxy) is 1. The number of carbonyl (C=O) groups is 3. The number of hydrogen-bond acceptors (Lipinski definition) is 6. The topological polar surface area (TPSA) is 151 Å². The Morgan fingerprint density at radius 2 is 2.00 bits per heavy atom. The summed E-state index contributed by atoms with van der Waals surface area (Å²) in [6, 6.07) is 9.36. The highest BCUT2D eigenvalue weighted by Crippen LogP contribution is 2.35. The van der Waals surface area contributed by atoms with Gasteiger partial charge in [-0.1, -0.05) is 35.4 Å². The molecule has 3 aromatic rings. The molecule has 0 fully saturated rings. The van der Waals surface area contributed by atoms with E-state index in [1.807, 2.05) is 12.2 Å². The SMILES string of the molecule is COC(=O)Nc1ccc2c(c1)NC(=O)CCC=CCC(NC(=O)C=Cc1cc(Cl)ccc1N)c1nc-2c(Cl)[nH]1. The van der Waals surface area contributed by atoms with Crippen LogP contribution in [0.5, 0.6) is 0 Å². The van der Waals surface area contributed by atoms with E-state index in [0.29, 0.717) is 57.6 Å². The number of anilines is 3. The average molecular weight is 569 g/mol. The Kier molecular flexibility index (Phi) is 8.90. The van der Waals surface area contributed by atoms with Crippen LogP contribution < -0.4 is 21.7 Å². The van der Waals surface area contributed by atoms with Crippen molar-refractivity contribution in [2.75, 3.05) is 23.5 Å². The number of aromatic amines is 1. The van der Waals surface area contributed by atoms with Crippen LogP contribution in [0.1, 0.15) is 36.7 Å². The predicted molar refractivity (Wildman–Crippen MR) is 152 cm³/mol. The molecule has 0 aliphatic carbocycles. The Morgan fingerprint density at radius 3 is 2.79 bits per heavy atom. The van der Waals surface area contributed by atoms with Gasteiger partial charge in [0, 0.05) is 34.5 Å². The molecule has 4 rings (SSSR count). The van der Waals surface area contributed by atoms with E-state index in [-0.39, 0.29) is 23.4 Å². The van der Waals surface area contributed by atoms with Crippen molar-refractivity contribution in [2.45, 2.75) is 25.3 Å². The van der Waals surface area contributed by atoms with Crippen molar-refractivity contribution < 1.29 is 19.1 Å². The van der Waals surface area contributed by atoms with Crippen molar-refractivity contribution in [2.24, 2.45) is 0 Å². The number of carbonyl (C=O) groups excluding carboxylic acids is 3. The third kappa shape index (κ3) is 7.18. The van der Waals surface area contributed by atoms with E-state index in [4.69, 9.17) is 28.9 Å². The molecule has 0 saturated carbocycles. The first-order chi connectivity index (χ1) is 18.7. The lowest BCUT2D eigenvalue weighted by Gasteiger charge is -2.14. The standard InChI is InChI=1S/C27H26Cl2N6O4/c1-39-27(38)31-17-9-10-18-21(14-17)33-22(36)6-4-2-3-5-20(26-34-24(18)25(29)35-26)32-23(37)12-7-15-13-16(28)8-11-19(15)30/h2-3,7-14,20H,4-6,30H2,1H3,(H,31,38)(H,32,37)(H,33,36)(H,34,35). The van der Waals surface area contributed by atoms with Gasteiger partial charge in [-0.2, -0.15) is 0 Å². The highest BCUT2D eigenvalue weighted by molar-refractivity contribution is 6.32. The molecule has 39 heavy (non-hydrogen) atoms. The molecule has 2 aromatic carbocycles. The lowest BCUT2D eigenvalue weighted by atomic mass is 10.1. The van der Waals surface area contributed by atoms with Crippen LogP contribution in [0.25, 0.3) is 17.3 Å². The van der Waals surface area contributed by atoms with Gasteiger partial charge in [-0.25, -0.2) is 9.78 Å². The van der Waals surface area contributed by atoms with Crippen molar-refractivity contribution in [3.05, 3.63) is 76.2 Å². The fraction of sp³-hybridized carbons (Fsp3) is 0.185. The molecule has 2 bridgehead atoms. The van der Waals surface area contributed by atoms with Gasteiger partial charge in [0.15, 0.2) is 0 Å². The molecule has 1 atom stereocenters. The van der Waals surface area contributed by atoms with Gasteiger partial charge < -0.3 is 26.1 Å². The van der Waals surface area contributed by atoms with Gasteiger partial charge >= 0.3 is 6.09 Å². The number of aromatic nitrogens is 2. The number of allylic oxidation sites excluding steroid dienone is 1. The van der Waals surface area contributed by atoms with Gasteiger partial charge in [-0.3, -0.25) is 14.9 Å². The lowest BCUT2D eigenvalue weighted by Crippen LogP contribution is -2.27. The first-order valence-electron chi connectivity index (χ1n) is 12.0. The number of halogens is 2. The molecule has 6 N–H and O–H groups in total. The maximum absolute atomic E-state index is 12.8. The molecule has 2 heterocycles. The molecule has 1 aliphatic heterocycles. The molecule has 0 saturated heterocycles. The number of nitrogens with zero attached hydrogens (tertiary/aromatic N) is 1. The Bertz CT molecular complexity index is 1470. The van der Waals surface area contributed by atoms with E-state index in [2.05, 4.69) is 30.7 Å². The second-order valence-corrected chi connectivity index (χ2v) is 9.44. The average Bonchev–Trinajstić information content (AvgIpc) is 3.29. The molecular weight excluding hydrogens is 543 g/mol. The van der Waals surface area contributed by atoms with Crippen LogP contribution in [-0.2, 0) is 14.3 Å². The number of imidazole rings is 1. The molecule has 12 heteroatoms. The van der Waals surface area contributed by atoms with Crippen molar-refractivity contribution in [1.29, 1.82) is 0 Å². The smallest absolute Gasteiger partial charge is 0.411 e. The van der Waals surface area contributed by atoms with Crippen molar-refractivity contribution in [3.8, 4) is 11.3 Å². The van der Waals surface area contributed by atoms with Crippen LogP contribution in [-0.4, -0.2) is 35.0 Å². The molecular formula is C27H26Cl2N6O4. The van der Waals surface area contributed by atoms with E-state index < -0.39 is 12.1 Å². The second-order valence-electron chi connectivity index (χ2n) is 8.62. The van der Waals surface area contributed by atoms with Crippen molar-refractivity contribution >= 4 is 64.2 Å². The van der Waals surface area contributed by atoms with Crippen molar-refractivity contribution in [3.63, 3.8) is 0 Å². The number of benzene rings is 2. The number of methoxy groups -OCH3 is 1. The number of H-pyrrole nitrogens is 1. The fourth-order valence-corrected chi connectivity index (χ4v) is 4.33. The van der Waals surface area contributed by atoms with Crippen molar-refractivity contribution in [1.82, 2.24) is 15.3 Å². The van der Waals surface area contributed by atoms with Crippen LogP contribution in [0, 0.1) is 0 Å². The lowest BCUT2D eigenvalue weighted by molar-refractivity contribution is -0.117. The number of amides is 3. The van der Waals surface area contributed by atoms with Crippen LogP contribution in [0.15, 0.2) is 54.6 Å². The van der Waals surface area contributed by atoms with E-state index >= 15 is 0 Å². The fourth-order valence-electron chi connectivity index (χ4n) is 3.90. The highest BCUT2D eigenvalue weighted by Gasteiger charge is 2.22. The van der Waals surface area contributed by atoms with Crippen LogP contribution >= 0.6 is 23.2 Å². The van der Waals surface area contributed by atoms with Crippen LogP contribution in [0.2, 0.25) is 10.2 Å². The van der Waals surface area contributed by atoms with Gasteiger partial charge in [0.2, 0.25) is 11.8 Å². The number of nitrogens with two attached hydrogens (primary N) is 1. The minimum atomic E-state index is -0.651. The predicted octanol–water partition coefficient (Wildman–Crippen LogP) is 5.69. The molecule has 0 spiro atoms. The summed E-state index contributed by atoms with van der Waals surface area (Å²) >= 11 is 12.6. The van der Waals surface area contributed by atoms with E-state index in [1.165, 1.54) is 13.2 Å². The number of rotatable bonds is 4. The third-order valence-corrected chi connectivity index (χ3v) is 6.35. The quantitative estimate of drug-likeness (QED) is 0.155. The molecule has 1 aromatic heterocycles. The summed E-state index contributed by atoms with van der Waals surface area (Å²) in [6.45, 7) is 0. The molecule has 1 unspecified atom stereocenters. The number of nitrogens with one attached hydrogen (secondary N) is 4. The summed E-state index contributed by atoms with van der Waals surface area (Å²) < 4.78 is 4.65. The van der Waals surface area contributed by atoms with Gasteiger partial charge in [0.05, 0.1) is 18.8 Å². The summed E-state index contributed by atoms with van der Waals surface area (Å²) in [5, 5.41) is 9.10. The highest BCUT2D eigenvalue weighted by atomic mass is 35.5. The second kappa shape index (κ2) is 12.5. The number of hydrogen-bond donors (Lipinski definition) is 5. The zero-order valence-electron chi connectivity index (χ0n) is 20.9. The number of fused-ring (bicyclic) bond motifs is 4. The van der Waals surface area contributed by atoms with Crippen LogP contribution in [0.4, 0.5) is 21.9 Å². The summed E-state index contributed by atoms with van der Waals surface area (Å²) in [5.74, 6) is -0.170. The largest absolute Gasteiger partial charge is 0.453 e. The summed E-state index contributed by atoms with van der Waals surface area (Å²) in [4.78, 5) is 44.9. The van der Waals surface area contributed by atoms with Gasteiger partial charge in [0.25, 0.3) is 0 Å². The normalized spacial score (nSPS) is 15.4. The molecule has 202 valence electrons. The maximum atomic E-state index is 12.8. The van der Waals surface area contributed by atoms with E-state index in [0.717, 1.165) is 0 Å². The van der Waals surface area contributed by atoms with Gasteiger partial charge in [0.1, 0.15) is 16.7 Å². The Hall–Kier alpha value is -4.28. The Morgan fingerprint density at radius 1 is 1.18 bits per heavy atom. The molecule has 3 amide bonds. The molecule has 0 radical (unpaired) electrons. The molecule has 10 nitrogen and oxygen atoms in total. The third-order valence-electron chi connectivity index (χ3n) is 5.84. The minimum Gasteiger partial charge on any atom is -0.453 e. The first-order valence-corrected chi connectivity index (χ1v) is 12.7. The zero-order valence-corrected chi connectivity index (χ0v) is 22.4. The summed E-state index contributed by atoms with van der Waals surface area (Å²) in [5.41, 5.74) is 8.79. The zero-order chi connectivity index (χ0) is 27.9. The number of nitrogen functional groups attached to an aromatic ring is 1. The van der Waals surface area contributed by atoms with Crippen LogP contribution in [0.3, 0.4) is 0 Å². The Labute approximate surface area is 234 Å². The van der Waals surface area contributed by atoms with Gasteiger partial charge in [-0.05, 0) is 60.9 Å². The first kappa shape index (κ1) is 27.7. The van der Waals surface area contributed by atoms with E-state index in [1.54, 1.807) is 42.5 Å².